The second kappa shape index (κ2) is 8.92. The van der Waals surface area contributed by atoms with E-state index in [4.69, 9.17) is 15.2 Å². The van der Waals surface area contributed by atoms with Crippen molar-refractivity contribution in [3.8, 4) is 11.5 Å². The molecule has 7 nitrogen and oxygen atoms in total. The lowest BCUT2D eigenvalue weighted by Crippen LogP contribution is -2.32. The lowest BCUT2D eigenvalue weighted by atomic mass is 9.85. The number of nitrogens with one attached hydrogen (secondary N) is 1. The fraction of sp³-hybridized carbons (Fsp3) is 0.478. The van der Waals surface area contributed by atoms with E-state index in [1.54, 1.807) is 7.11 Å². The Kier molecular flexibility index (Phi) is 6.08. The molecule has 30 heavy (non-hydrogen) atoms. The van der Waals surface area contributed by atoms with Crippen molar-refractivity contribution in [1.29, 1.82) is 0 Å². The van der Waals surface area contributed by atoms with Crippen molar-refractivity contribution < 1.29 is 19.1 Å². The van der Waals surface area contributed by atoms with E-state index >= 15 is 0 Å². The van der Waals surface area contributed by atoms with Gasteiger partial charge in [-0.2, -0.15) is 0 Å². The SMILES string of the molecule is COc1ccc2[nH]cc(OCC(N)CCCCN3C(=O)[C@H]4CC=CC[C@H]4C3=O)c2c1. The van der Waals surface area contributed by atoms with Gasteiger partial charge in [-0.1, -0.05) is 18.6 Å². The van der Waals surface area contributed by atoms with Crippen LogP contribution >= 0.6 is 0 Å². The Balaban J connectivity index is 1.21. The molecule has 160 valence electrons. The minimum Gasteiger partial charge on any atom is -0.497 e. The zero-order chi connectivity index (χ0) is 21.1. The number of hydrogen-bond acceptors (Lipinski definition) is 5. The number of benzene rings is 1. The Hall–Kier alpha value is -2.80. The number of fused-ring (bicyclic) bond motifs is 2. The Bertz CT molecular complexity index is 925. The number of unbranched alkanes of at least 4 members (excludes halogenated alkanes) is 1. The normalized spacial score (nSPS) is 21.9. The number of amides is 2. The van der Waals surface area contributed by atoms with E-state index in [0.717, 1.165) is 41.7 Å². The number of hydrogen-bond donors (Lipinski definition) is 2. The highest BCUT2D eigenvalue weighted by molar-refractivity contribution is 6.05. The quantitative estimate of drug-likeness (QED) is 0.376. The third-order valence-electron chi connectivity index (χ3n) is 6.11. The number of nitrogens with two attached hydrogens (primary N) is 1. The van der Waals surface area contributed by atoms with Crippen LogP contribution in [-0.4, -0.2) is 48.0 Å². The Morgan fingerprint density at radius 2 is 1.90 bits per heavy atom. The zero-order valence-corrected chi connectivity index (χ0v) is 17.3. The summed E-state index contributed by atoms with van der Waals surface area (Å²) in [6.45, 7) is 0.891. The second-order valence-electron chi connectivity index (χ2n) is 8.12. The van der Waals surface area contributed by atoms with E-state index in [1.807, 2.05) is 36.5 Å². The fourth-order valence-corrected chi connectivity index (χ4v) is 4.37. The van der Waals surface area contributed by atoms with Gasteiger partial charge >= 0.3 is 0 Å². The minimum absolute atomic E-state index is 0.00301. The van der Waals surface area contributed by atoms with Crippen LogP contribution in [0.1, 0.15) is 32.1 Å². The number of rotatable bonds is 9. The molecule has 2 amide bonds. The standard InChI is InChI=1S/C23H29N3O4/c1-29-16-9-10-20-19(12-16)21(13-25-20)30-14-15(24)6-4-5-11-26-22(27)17-7-2-3-8-18(17)23(26)28/h2-3,9-10,12-13,15,17-18,25H,4-8,11,14,24H2,1H3/t15?,17-,18+. The predicted molar refractivity (Wildman–Crippen MR) is 114 cm³/mol. The van der Waals surface area contributed by atoms with Crippen LogP contribution in [0.15, 0.2) is 36.5 Å². The molecule has 1 saturated heterocycles. The number of ether oxygens (including phenoxy) is 2. The van der Waals surface area contributed by atoms with E-state index in [2.05, 4.69) is 4.98 Å². The summed E-state index contributed by atoms with van der Waals surface area (Å²) in [5.74, 6) is 1.23. The number of carbonyl (C=O) groups is 2. The largest absolute Gasteiger partial charge is 0.497 e. The molecule has 7 heteroatoms. The molecule has 2 aliphatic rings. The molecule has 4 rings (SSSR count). The summed E-state index contributed by atoms with van der Waals surface area (Å²) < 4.78 is 11.2. The molecule has 1 aliphatic heterocycles. The number of aromatic nitrogens is 1. The van der Waals surface area contributed by atoms with Gasteiger partial charge in [-0.15, -0.1) is 0 Å². The molecular formula is C23H29N3O4. The van der Waals surface area contributed by atoms with Gasteiger partial charge in [-0.3, -0.25) is 14.5 Å². The number of nitrogens with zero attached hydrogens (tertiary/aromatic N) is 1. The summed E-state index contributed by atoms with van der Waals surface area (Å²) >= 11 is 0. The smallest absolute Gasteiger partial charge is 0.233 e. The van der Waals surface area contributed by atoms with Gasteiger partial charge in [-0.05, 0) is 43.9 Å². The molecule has 1 aromatic carbocycles. The number of allylic oxidation sites excluding steroid dienone is 2. The van der Waals surface area contributed by atoms with E-state index < -0.39 is 0 Å². The third kappa shape index (κ3) is 4.07. The average molecular weight is 412 g/mol. The highest BCUT2D eigenvalue weighted by atomic mass is 16.5. The first-order valence-corrected chi connectivity index (χ1v) is 10.6. The summed E-state index contributed by atoms with van der Waals surface area (Å²) in [7, 11) is 1.64. The Labute approximate surface area is 176 Å². The predicted octanol–water partition coefficient (Wildman–Crippen LogP) is 3.00. The van der Waals surface area contributed by atoms with E-state index in [1.165, 1.54) is 4.90 Å². The topological polar surface area (TPSA) is 97.7 Å². The molecule has 1 aromatic heterocycles. The molecule has 0 bridgehead atoms. The fourth-order valence-electron chi connectivity index (χ4n) is 4.37. The maximum Gasteiger partial charge on any atom is 0.233 e. The first-order valence-electron chi connectivity index (χ1n) is 10.6. The summed E-state index contributed by atoms with van der Waals surface area (Å²) in [5, 5.41) is 0.962. The Morgan fingerprint density at radius 3 is 2.60 bits per heavy atom. The van der Waals surface area contributed by atoms with Gasteiger partial charge in [0.1, 0.15) is 18.1 Å². The van der Waals surface area contributed by atoms with Gasteiger partial charge in [-0.25, -0.2) is 0 Å². The van der Waals surface area contributed by atoms with Crippen molar-refractivity contribution >= 4 is 22.7 Å². The van der Waals surface area contributed by atoms with Crippen molar-refractivity contribution in [3.05, 3.63) is 36.5 Å². The zero-order valence-electron chi connectivity index (χ0n) is 17.3. The van der Waals surface area contributed by atoms with E-state index in [0.29, 0.717) is 26.0 Å². The summed E-state index contributed by atoms with van der Waals surface area (Å²) in [6.07, 6.45) is 9.61. The van der Waals surface area contributed by atoms with Gasteiger partial charge < -0.3 is 20.2 Å². The highest BCUT2D eigenvalue weighted by Gasteiger charge is 2.46. The number of methoxy groups -OCH3 is 1. The highest BCUT2D eigenvalue weighted by Crippen LogP contribution is 2.35. The van der Waals surface area contributed by atoms with Crippen molar-refractivity contribution in [3.63, 3.8) is 0 Å². The maximum atomic E-state index is 12.5. The molecule has 0 radical (unpaired) electrons. The molecular weight excluding hydrogens is 382 g/mol. The van der Waals surface area contributed by atoms with Gasteiger partial charge in [0.15, 0.2) is 0 Å². The summed E-state index contributed by atoms with van der Waals surface area (Å²) in [6, 6.07) is 5.67. The number of imide groups is 1. The lowest BCUT2D eigenvalue weighted by molar-refractivity contribution is -0.139. The van der Waals surface area contributed by atoms with Crippen LogP contribution in [0.5, 0.6) is 11.5 Å². The molecule has 2 heterocycles. The van der Waals surface area contributed by atoms with Gasteiger partial charge in [0.2, 0.25) is 11.8 Å². The van der Waals surface area contributed by atoms with E-state index in [9.17, 15) is 9.59 Å². The number of carbonyl (C=O) groups excluding carboxylic acids is 2. The van der Waals surface area contributed by atoms with Crippen LogP contribution in [0.3, 0.4) is 0 Å². The van der Waals surface area contributed by atoms with Gasteiger partial charge in [0, 0.05) is 29.7 Å². The monoisotopic (exact) mass is 411 g/mol. The number of aromatic amines is 1. The molecule has 2 aromatic rings. The van der Waals surface area contributed by atoms with Crippen molar-refractivity contribution in [2.45, 2.75) is 38.1 Å². The molecule has 1 aliphatic carbocycles. The van der Waals surface area contributed by atoms with E-state index in [-0.39, 0.29) is 29.7 Å². The van der Waals surface area contributed by atoms with Crippen LogP contribution in [0, 0.1) is 11.8 Å². The first kappa shape index (κ1) is 20.5. The van der Waals surface area contributed by atoms with Crippen LogP contribution < -0.4 is 15.2 Å². The summed E-state index contributed by atoms with van der Waals surface area (Å²) in [5.41, 5.74) is 7.20. The van der Waals surface area contributed by atoms with Crippen LogP contribution in [-0.2, 0) is 9.59 Å². The van der Waals surface area contributed by atoms with Crippen molar-refractivity contribution in [1.82, 2.24) is 9.88 Å². The maximum absolute atomic E-state index is 12.5. The minimum atomic E-state index is -0.145. The van der Waals surface area contributed by atoms with Crippen LogP contribution in [0.2, 0.25) is 0 Å². The average Bonchev–Trinajstić information content (AvgIpc) is 3.28. The molecule has 0 saturated carbocycles. The van der Waals surface area contributed by atoms with Crippen molar-refractivity contribution in [2.24, 2.45) is 17.6 Å². The molecule has 0 spiro atoms. The van der Waals surface area contributed by atoms with Crippen molar-refractivity contribution in [2.75, 3.05) is 20.3 Å². The van der Waals surface area contributed by atoms with Gasteiger partial charge in [0.05, 0.1) is 18.9 Å². The number of H-pyrrole nitrogens is 1. The first-order chi connectivity index (χ1) is 14.6. The second-order valence-corrected chi connectivity index (χ2v) is 8.12. The Morgan fingerprint density at radius 1 is 1.17 bits per heavy atom. The van der Waals surface area contributed by atoms with Crippen LogP contribution in [0.25, 0.3) is 10.9 Å². The summed E-state index contributed by atoms with van der Waals surface area (Å²) in [4.78, 5) is 29.6. The lowest BCUT2D eigenvalue weighted by Gasteiger charge is -2.16. The molecule has 1 fully saturated rings. The molecule has 1 unspecified atom stereocenters. The molecule has 3 atom stereocenters. The third-order valence-corrected chi connectivity index (χ3v) is 6.11. The van der Waals surface area contributed by atoms with Gasteiger partial charge in [0.25, 0.3) is 0 Å². The van der Waals surface area contributed by atoms with Crippen LogP contribution in [0.4, 0.5) is 0 Å². The number of likely N-dealkylation sites (tertiary alicyclic amines) is 1. The molecule has 3 N–H and O–H groups in total.